The smallest absolute Gasteiger partial charge is 0.329 e. The van der Waals surface area contributed by atoms with Gasteiger partial charge in [0.15, 0.2) is 11.5 Å². The summed E-state index contributed by atoms with van der Waals surface area (Å²) in [6.45, 7) is 0. The zero-order valence-corrected chi connectivity index (χ0v) is 18.7. The zero-order chi connectivity index (χ0) is 22.7. The van der Waals surface area contributed by atoms with Gasteiger partial charge in [-0.25, -0.2) is 4.98 Å². The Labute approximate surface area is 194 Å². The average Bonchev–Trinajstić information content (AvgIpc) is 3.28. The third-order valence-electron chi connectivity index (χ3n) is 4.74. The minimum atomic E-state index is -0.539. The molecule has 0 aliphatic carbocycles. The van der Waals surface area contributed by atoms with Crippen LogP contribution in [0.3, 0.4) is 0 Å². The molecule has 172 valence electrons. The molecule has 0 aliphatic rings. The van der Waals surface area contributed by atoms with Crippen molar-refractivity contribution in [3.05, 3.63) is 58.9 Å². The van der Waals surface area contributed by atoms with E-state index in [1.165, 1.54) is 21.3 Å². The highest BCUT2D eigenvalue weighted by Gasteiger charge is 2.20. The molecule has 0 radical (unpaired) electrons. The first kappa shape index (κ1) is 23.4. The monoisotopic (exact) mass is 472 g/mol. The summed E-state index contributed by atoms with van der Waals surface area (Å²) in [5.74, 6) is 1.51. The van der Waals surface area contributed by atoms with Gasteiger partial charge in [0.25, 0.3) is 0 Å². The van der Waals surface area contributed by atoms with E-state index >= 15 is 0 Å². The second-order valence-electron chi connectivity index (χ2n) is 6.59. The number of benzene rings is 2. The number of hydrogen-bond acceptors (Lipinski definition) is 9. The summed E-state index contributed by atoms with van der Waals surface area (Å²) in [5, 5.41) is 18.5. The Morgan fingerprint density at radius 3 is 2.39 bits per heavy atom. The first-order valence-corrected chi connectivity index (χ1v) is 9.45. The van der Waals surface area contributed by atoms with Crippen molar-refractivity contribution in [1.82, 2.24) is 15.0 Å². The summed E-state index contributed by atoms with van der Waals surface area (Å²) >= 11 is 0. The van der Waals surface area contributed by atoms with Crippen molar-refractivity contribution < 1.29 is 19.1 Å². The lowest BCUT2D eigenvalue weighted by atomic mass is 10.2. The fraction of sp³-hybridized carbons (Fsp3) is 0.143. The first-order chi connectivity index (χ1) is 15.5. The number of nitro groups is 1. The van der Waals surface area contributed by atoms with Crippen LogP contribution in [0.15, 0.2) is 48.8 Å². The fourth-order valence-electron chi connectivity index (χ4n) is 3.27. The van der Waals surface area contributed by atoms with Gasteiger partial charge in [0.05, 0.1) is 26.3 Å². The molecule has 0 fully saturated rings. The Morgan fingerprint density at radius 2 is 1.76 bits per heavy atom. The highest BCUT2D eigenvalue weighted by molar-refractivity contribution is 5.94. The Hall–Kier alpha value is -4.25. The SMILES string of the molecule is COc1cc(Nc2ncc([N+](=O)[O-])c(Nc3cccc4[nH]ccc34)n2)cc(OC)c1OC.Cl. The minimum Gasteiger partial charge on any atom is -0.493 e. The maximum absolute atomic E-state index is 11.5. The highest BCUT2D eigenvalue weighted by Crippen LogP contribution is 2.40. The van der Waals surface area contributed by atoms with Gasteiger partial charge in [-0.05, 0) is 18.2 Å². The number of aromatic amines is 1. The van der Waals surface area contributed by atoms with Gasteiger partial charge in [-0.1, -0.05) is 6.07 Å². The van der Waals surface area contributed by atoms with Crippen LogP contribution < -0.4 is 24.8 Å². The van der Waals surface area contributed by atoms with Crippen molar-refractivity contribution in [2.24, 2.45) is 0 Å². The summed E-state index contributed by atoms with van der Waals surface area (Å²) in [7, 11) is 4.52. The predicted molar refractivity (Wildman–Crippen MR) is 127 cm³/mol. The molecular formula is C21H21ClN6O5. The molecule has 33 heavy (non-hydrogen) atoms. The van der Waals surface area contributed by atoms with Gasteiger partial charge in [-0.3, -0.25) is 10.1 Å². The second-order valence-corrected chi connectivity index (χ2v) is 6.59. The van der Waals surface area contributed by atoms with Gasteiger partial charge in [0, 0.05) is 40.6 Å². The van der Waals surface area contributed by atoms with E-state index < -0.39 is 4.92 Å². The Kier molecular flexibility index (Phi) is 7.04. The maximum atomic E-state index is 11.5. The molecule has 2 aromatic heterocycles. The van der Waals surface area contributed by atoms with E-state index in [1.54, 1.807) is 18.3 Å². The number of halogens is 1. The number of nitrogens with zero attached hydrogens (tertiary/aromatic N) is 3. The van der Waals surface area contributed by atoms with Crippen LogP contribution in [0.4, 0.5) is 28.8 Å². The maximum Gasteiger partial charge on any atom is 0.329 e. The van der Waals surface area contributed by atoms with E-state index in [0.717, 1.165) is 17.1 Å². The van der Waals surface area contributed by atoms with E-state index in [1.807, 2.05) is 24.3 Å². The number of aromatic nitrogens is 3. The second kappa shape index (κ2) is 9.92. The van der Waals surface area contributed by atoms with Crippen molar-refractivity contribution in [2.75, 3.05) is 32.0 Å². The highest BCUT2D eigenvalue weighted by atomic mass is 35.5. The van der Waals surface area contributed by atoms with Gasteiger partial charge >= 0.3 is 5.69 Å². The number of methoxy groups -OCH3 is 3. The predicted octanol–water partition coefficient (Wildman–Crippen LogP) is 4.80. The van der Waals surface area contributed by atoms with E-state index in [2.05, 4.69) is 25.6 Å². The molecule has 11 nitrogen and oxygen atoms in total. The molecule has 0 bridgehead atoms. The largest absolute Gasteiger partial charge is 0.493 e. The molecule has 2 heterocycles. The first-order valence-electron chi connectivity index (χ1n) is 9.45. The molecule has 4 rings (SSSR count). The standard InChI is InChI=1S/C21H20N6O5.ClH/c1-30-17-9-12(10-18(31-2)19(17)32-3)24-21-23-11-16(27(28)29)20(26-21)25-15-6-4-5-14-13(15)7-8-22-14;/h4-11,22H,1-3H3,(H2,23,24,25,26);1H. The summed E-state index contributed by atoms with van der Waals surface area (Å²) in [4.78, 5) is 22.5. The molecule has 0 atom stereocenters. The summed E-state index contributed by atoms with van der Waals surface area (Å²) < 4.78 is 16.0. The van der Waals surface area contributed by atoms with Gasteiger partial charge in [-0.15, -0.1) is 12.4 Å². The Balaban J connectivity index is 0.00000306. The number of ether oxygens (including phenoxy) is 3. The molecular weight excluding hydrogens is 452 g/mol. The molecule has 0 saturated heterocycles. The topological polar surface area (TPSA) is 136 Å². The van der Waals surface area contributed by atoms with Crippen molar-refractivity contribution in [3.8, 4) is 17.2 Å². The van der Waals surface area contributed by atoms with E-state index in [-0.39, 0.29) is 29.9 Å². The molecule has 0 saturated carbocycles. The van der Waals surface area contributed by atoms with Crippen LogP contribution in [0.25, 0.3) is 10.9 Å². The lowest BCUT2D eigenvalue weighted by molar-refractivity contribution is -0.384. The van der Waals surface area contributed by atoms with Gasteiger partial charge in [0.2, 0.25) is 17.5 Å². The number of fused-ring (bicyclic) bond motifs is 1. The van der Waals surface area contributed by atoms with Crippen molar-refractivity contribution in [3.63, 3.8) is 0 Å². The molecule has 0 unspecified atom stereocenters. The number of H-pyrrole nitrogens is 1. The average molecular weight is 473 g/mol. The zero-order valence-electron chi connectivity index (χ0n) is 17.9. The van der Waals surface area contributed by atoms with Crippen LogP contribution in [0.5, 0.6) is 17.2 Å². The molecule has 3 N–H and O–H groups in total. The van der Waals surface area contributed by atoms with Crippen molar-refractivity contribution >= 4 is 52.1 Å². The van der Waals surface area contributed by atoms with E-state index in [0.29, 0.717) is 28.6 Å². The number of rotatable bonds is 8. The Bertz CT molecular complexity index is 1270. The van der Waals surface area contributed by atoms with Crippen LogP contribution in [0.2, 0.25) is 0 Å². The molecule has 12 heteroatoms. The fourth-order valence-corrected chi connectivity index (χ4v) is 3.27. The van der Waals surface area contributed by atoms with Gasteiger partial charge in [-0.2, -0.15) is 4.98 Å². The third-order valence-corrected chi connectivity index (χ3v) is 4.74. The lowest BCUT2D eigenvalue weighted by Gasteiger charge is -2.15. The Morgan fingerprint density at radius 1 is 1.03 bits per heavy atom. The number of anilines is 4. The number of nitrogens with one attached hydrogen (secondary N) is 3. The minimum absolute atomic E-state index is 0. The molecule has 4 aromatic rings. The molecule has 0 amide bonds. The van der Waals surface area contributed by atoms with Gasteiger partial charge < -0.3 is 29.8 Å². The van der Waals surface area contributed by atoms with Crippen molar-refractivity contribution in [1.29, 1.82) is 0 Å². The van der Waals surface area contributed by atoms with Crippen LogP contribution >= 0.6 is 12.4 Å². The van der Waals surface area contributed by atoms with Crippen LogP contribution in [0, 0.1) is 10.1 Å². The summed E-state index contributed by atoms with van der Waals surface area (Å²) in [5.41, 5.74) is 1.85. The summed E-state index contributed by atoms with van der Waals surface area (Å²) in [6.07, 6.45) is 2.94. The normalized spacial score (nSPS) is 10.3. The summed E-state index contributed by atoms with van der Waals surface area (Å²) in [6, 6.07) is 10.8. The van der Waals surface area contributed by atoms with Crippen molar-refractivity contribution in [2.45, 2.75) is 0 Å². The van der Waals surface area contributed by atoms with Crippen LogP contribution in [-0.4, -0.2) is 41.2 Å². The van der Waals surface area contributed by atoms with Crippen LogP contribution in [0.1, 0.15) is 0 Å². The number of hydrogen-bond donors (Lipinski definition) is 3. The third kappa shape index (κ3) is 4.67. The van der Waals surface area contributed by atoms with Gasteiger partial charge in [0.1, 0.15) is 6.20 Å². The quantitative estimate of drug-likeness (QED) is 0.244. The molecule has 0 aliphatic heterocycles. The van der Waals surface area contributed by atoms with E-state index in [4.69, 9.17) is 14.2 Å². The molecule has 2 aromatic carbocycles. The van der Waals surface area contributed by atoms with E-state index in [9.17, 15) is 10.1 Å². The van der Waals surface area contributed by atoms with Crippen LogP contribution in [-0.2, 0) is 0 Å². The lowest BCUT2D eigenvalue weighted by Crippen LogP contribution is -2.05. The molecule has 0 spiro atoms.